The van der Waals surface area contributed by atoms with Crippen LogP contribution in [0, 0.1) is 18.8 Å². The molecular weight excluding hydrogens is 280 g/mol. The van der Waals surface area contributed by atoms with Crippen LogP contribution in [0.3, 0.4) is 0 Å². The summed E-state index contributed by atoms with van der Waals surface area (Å²) in [5, 5.41) is 13.0. The first-order valence-electron chi connectivity index (χ1n) is 7.66. The number of fused-ring (bicyclic) bond motifs is 1. The highest BCUT2D eigenvalue weighted by atomic mass is 16.4. The zero-order valence-corrected chi connectivity index (χ0v) is 12.6. The molecule has 5 heteroatoms. The van der Waals surface area contributed by atoms with Crippen molar-refractivity contribution >= 4 is 28.5 Å². The molecule has 0 unspecified atom stereocenters. The highest BCUT2D eigenvalue weighted by Crippen LogP contribution is 2.30. The largest absolute Gasteiger partial charge is 0.481 e. The Balaban J connectivity index is 1.64. The van der Waals surface area contributed by atoms with Gasteiger partial charge >= 0.3 is 5.97 Å². The Morgan fingerprint density at radius 2 is 1.82 bits per heavy atom. The van der Waals surface area contributed by atoms with Gasteiger partial charge in [0.1, 0.15) is 0 Å². The van der Waals surface area contributed by atoms with Crippen molar-refractivity contribution in [2.75, 3.05) is 5.32 Å². The van der Waals surface area contributed by atoms with E-state index >= 15 is 0 Å². The predicted octanol–water partition coefficient (Wildman–Crippen LogP) is 3.31. The van der Waals surface area contributed by atoms with Crippen molar-refractivity contribution in [2.24, 2.45) is 11.8 Å². The summed E-state index contributed by atoms with van der Waals surface area (Å²) in [6.07, 6.45) is 2.47. The van der Waals surface area contributed by atoms with Crippen molar-refractivity contribution in [1.82, 2.24) is 4.98 Å². The van der Waals surface area contributed by atoms with Crippen LogP contribution in [0.1, 0.15) is 31.4 Å². The van der Waals surface area contributed by atoms with Crippen molar-refractivity contribution < 1.29 is 14.7 Å². The molecule has 0 radical (unpaired) electrons. The summed E-state index contributed by atoms with van der Waals surface area (Å²) < 4.78 is 0. The topological polar surface area (TPSA) is 82.2 Å². The number of rotatable bonds is 3. The fraction of sp³-hybridized carbons (Fsp3) is 0.412. The Morgan fingerprint density at radius 1 is 1.14 bits per heavy atom. The smallest absolute Gasteiger partial charge is 0.306 e. The first-order chi connectivity index (χ1) is 10.5. The van der Waals surface area contributed by atoms with E-state index < -0.39 is 5.97 Å². The fourth-order valence-electron chi connectivity index (χ4n) is 3.20. The molecule has 1 aliphatic carbocycles. The molecule has 1 aromatic heterocycles. The molecule has 1 amide bonds. The van der Waals surface area contributed by atoms with Crippen molar-refractivity contribution in [3.63, 3.8) is 0 Å². The van der Waals surface area contributed by atoms with Gasteiger partial charge in [0.15, 0.2) is 0 Å². The molecule has 3 N–H and O–H groups in total. The molecule has 0 bridgehead atoms. The maximum absolute atomic E-state index is 12.3. The molecule has 116 valence electrons. The lowest BCUT2D eigenvalue weighted by Gasteiger charge is -2.25. The van der Waals surface area contributed by atoms with Crippen LogP contribution < -0.4 is 5.32 Å². The Labute approximate surface area is 128 Å². The minimum Gasteiger partial charge on any atom is -0.481 e. The lowest BCUT2D eigenvalue weighted by Crippen LogP contribution is -2.29. The molecule has 0 spiro atoms. The molecule has 1 aromatic carbocycles. The van der Waals surface area contributed by atoms with Crippen LogP contribution in [0.2, 0.25) is 0 Å². The van der Waals surface area contributed by atoms with Gasteiger partial charge in [0.2, 0.25) is 5.91 Å². The normalized spacial score (nSPS) is 21.7. The average molecular weight is 300 g/mol. The zero-order valence-electron chi connectivity index (χ0n) is 12.6. The van der Waals surface area contributed by atoms with Gasteiger partial charge < -0.3 is 15.4 Å². The number of hydrogen-bond donors (Lipinski definition) is 3. The molecule has 5 nitrogen and oxygen atoms in total. The summed E-state index contributed by atoms with van der Waals surface area (Å²) in [6.45, 7) is 2.00. The predicted molar refractivity (Wildman–Crippen MR) is 84.7 cm³/mol. The van der Waals surface area contributed by atoms with Gasteiger partial charge in [-0.2, -0.15) is 0 Å². The van der Waals surface area contributed by atoms with E-state index in [0.29, 0.717) is 25.7 Å². The molecule has 3 rings (SSSR count). The monoisotopic (exact) mass is 300 g/mol. The van der Waals surface area contributed by atoms with E-state index in [9.17, 15) is 9.59 Å². The van der Waals surface area contributed by atoms with Gasteiger partial charge in [0.25, 0.3) is 0 Å². The number of aryl methyl sites for hydroxylation is 1. The molecule has 1 saturated carbocycles. The van der Waals surface area contributed by atoms with E-state index in [2.05, 4.69) is 10.3 Å². The average Bonchev–Trinajstić information content (AvgIpc) is 2.86. The Hall–Kier alpha value is -2.30. The Morgan fingerprint density at radius 3 is 2.50 bits per heavy atom. The number of aromatic amines is 1. The third kappa shape index (κ3) is 2.98. The second-order valence-corrected chi connectivity index (χ2v) is 6.13. The minimum atomic E-state index is -0.743. The van der Waals surface area contributed by atoms with E-state index in [0.717, 1.165) is 22.3 Å². The van der Waals surface area contributed by atoms with Crippen LogP contribution >= 0.6 is 0 Å². The van der Waals surface area contributed by atoms with Gasteiger partial charge in [-0.15, -0.1) is 0 Å². The van der Waals surface area contributed by atoms with E-state index in [1.807, 2.05) is 31.2 Å². The Bertz CT molecular complexity index is 712. The van der Waals surface area contributed by atoms with Crippen LogP contribution in [0.25, 0.3) is 10.9 Å². The summed E-state index contributed by atoms with van der Waals surface area (Å²) in [4.78, 5) is 26.5. The number of amides is 1. The third-order valence-corrected chi connectivity index (χ3v) is 4.47. The van der Waals surface area contributed by atoms with Crippen LogP contribution in [0.5, 0.6) is 0 Å². The maximum atomic E-state index is 12.3. The highest BCUT2D eigenvalue weighted by molar-refractivity contribution is 5.95. The van der Waals surface area contributed by atoms with Gasteiger partial charge in [0.05, 0.1) is 5.92 Å². The second kappa shape index (κ2) is 5.83. The van der Waals surface area contributed by atoms with Crippen molar-refractivity contribution in [3.05, 3.63) is 30.0 Å². The molecule has 0 saturated heterocycles. The lowest BCUT2D eigenvalue weighted by atomic mass is 9.81. The minimum absolute atomic E-state index is 0.00422. The summed E-state index contributed by atoms with van der Waals surface area (Å²) in [7, 11) is 0. The number of carbonyl (C=O) groups excluding carboxylic acids is 1. The van der Waals surface area contributed by atoms with Gasteiger partial charge in [-0.25, -0.2) is 0 Å². The number of H-pyrrole nitrogens is 1. The van der Waals surface area contributed by atoms with E-state index in [1.54, 1.807) is 0 Å². The number of aromatic nitrogens is 1. The summed E-state index contributed by atoms with van der Waals surface area (Å²) in [6, 6.07) is 7.85. The highest BCUT2D eigenvalue weighted by Gasteiger charge is 2.29. The number of carbonyl (C=O) groups is 2. The first kappa shape index (κ1) is 14.6. The summed E-state index contributed by atoms with van der Waals surface area (Å²) >= 11 is 0. The van der Waals surface area contributed by atoms with Crippen molar-refractivity contribution in [2.45, 2.75) is 32.6 Å². The van der Waals surface area contributed by atoms with Gasteiger partial charge in [0, 0.05) is 28.2 Å². The fourth-order valence-corrected chi connectivity index (χ4v) is 3.20. The molecule has 2 aromatic rings. The molecule has 0 atom stereocenters. The van der Waals surface area contributed by atoms with E-state index in [4.69, 9.17) is 5.11 Å². The van der Waals surface area contributed by atoms with Crippen molar-refractivity contribution in [1.29, 1.82) is 0 Å². The maximum Gasteiger partial charge on any atom is 0.306 e. The number of carboxylic acids is 1. The molecule has 1 heterocycles. The zero-order chi connectivity index (χ0) is 15.7. The van der Waals surface area contributed by atoms with Gasteiger partial charge in [-0.05, 0) is 56.9 Å². The second-order valence-electron chi connectivity index (χ2n) is 6.13. The van der Waals surface area contributed by atoms with Gasteiger partial charge in [-0.1, -0.05) is 0 Å². The first-order valence-corrected chi connectivity index (χ1v) is 7.66. The number of hydrogen-bond acceptors (Lipinski definition) is 2. The number of anilines is 1. The standard InChI is InChI=1S/C17H20N2O3/c1-10-8-13-9-14(6-7-15(13)18-10)19-16(20)11-2-4-12(5-3-11)17(21)22/h6-9,11-12,18H,2-5H2,1H3,(H,19,20)(H,21,22). The SMILES string of the molecule is Cc1cc2cc(NC(=O)C3CCC(C(=O)O)CC3)ccc2[nH]1. The van der Waals surface area contributed by atoms with Gasteiger partial charge in [-0.3, -0.25) is 9.59 Å². The molecule has 22 heavy (non-hydrogen) atoms. The van der Waals surface area contributed by atoms with E-state index in [1.165, 1.54) is 0 Å². The third-order valence-electron chi connectivity index (χ3n) is 4.47. The van der Waals surface area contributed by atoms with Crippen LogP contribution in [0.4, 0.5) is 5.69 Å². The summed E-state index contributed by atoms with van der Waals surface area (Å²) in [5.74, 6) is -1.12. The Kier molecular flexibility index (Phi) is 3.88. The number of nitrogens with one attached hydrogen (secondary N) is 2. The van der Waals surface area contributed by atoms with E-state index in [-0.39, 0.29) is 17.7 Å². The number of carboxylic acid groups (broad SMARTS) is 1. The quantitative estimate of drug-likeness (QED) is 0.813. The lowest BCUT2D eigenvalue weighted by molar-refractivity contribution is -0.143. The molecule has 1 fully saturated rings. The van der Waals surface area contributed by atoms with Crippen molar-refractivity contribution in [3.8, 4) is 0 Å². The van der Waals surface area contributed by atoms with Crippen LogP contribution in [-0.2, 0) is 9.59 Å². The number of benzene rings is 1. The van der Waals surface area contributed by atoms with Crippen LogP contribution in [-0.4, -0.2) is 22.0 Å². The molecule has 0 aliphatic heterocycles. The molecule has 1 aliphatic rings. The summed E-state index contributed by atoms with van der Waals surface area (Å²) in [5.41, 5.74) is 2.93. The van der Waals surface area contributed by atoms with Crippen LogP contribution in [0.15, 0.2) is 24.3 Å². The number of aliphatic carboxylic acids is 1. The molecular formula is C17H20N2O3.